The molecule has 33 heavy (non-hydrogen) atoms. The number of carbonyl (C=O) groups excluding carboxylic acids is 2. The van der Waals surface area contributed by atoms with Crippen molar-refractivity contribution < 1.29 is 22.4 Å². The molecule has 0 unspecified atom stereocenters. The number of carbonyl (C=O) groups is 2. The molecule has 180 valence electrons. The van der Waals surface area contributed by atoms with E-state index in [4.69, 9.17) is 0 Å². The van der Waals surface area contributed by atoms with Crippen LogP contribution in [0.2, 0.25) is 0 Å². The summed E-state index contributed by atoms with van der Waals surface area (Å²) in [5.74, 6) is 1.50. The highest BCUT2D eigenvalue weighted by Crippen LogP contribution is 2.61. The van der Waals surface area contributed by atoms with Crippen molar-refractivity contribution in [2.45, 2.75) is 49.8 Å². The predicted octanol–water partition coefficient (Wildman–Crippen LogP) is 2.38. The average Bonchev–Trinajstić information content (AvgIpc) is 2.76. The fourth-order valence-electron chi connectivity index (χ4n) is 7.15. The molecule has 1 N–H and O–H groups in total. The second-order valence-corrected chi connectivity index (χ2v) is 12.6. The van der Waals surface area contributed by atoms with Crippen LogP contribution in [0.3, 0.4) is 0 Å². The van der Waals surface area contributed by atoms with Crippen LogP contribution in [0.15, 0.2) is 29.2 Å². The number of piperazine rings is 1. The van der Waals surface area contributed by atoms with Crippen LogP contribution in [0.25, 0.3) is 0 Å². The maximum Gasteiger partial charge on any atom is 0.243 e. The van der Waals surface area contributed by atoms with E-state index in [1.165, 1.54) is 41.8 Å². The Kier molecular flexibility index (Phi) is 5.97. The molecule has 5 aliphatic rings. The van der Waals surface area contributed by atoms with Gasteiger partial charge in [0.15, 0.2) is 0 Å². The predicted molar refractivity (Wildman–Crippen MR) is 120 cm³/mol. The van der Waals surface area contributed by atoms with E-state index >= 15 is 0 Å². The van der Waals surface area contributed by atoms with E-state index in [0.29, 0.717) is 6.42 Å². The lowest BCUT2D eigenvalue weighted by Crippen LogP contribution is -2.53. The van der Waals surface area contributed by atoms with Gasteiger partial charge in [-0.3, -0.25) is 9.59 Å². The summed E-state index contributed by atoms with van der Waals surface area (Å²) in [6.07, 6.45) is 7.98. The molecule has 1 saturated heterocycles. The summed E-state index contributed by atoms with van der Waals surface area (Å²) in [5.41, 5.74) is 0.138. The number of hydrogen-bond acceptors (Lipinski definition) is 4. The molecule has 4 bridgehead atoms. The monoisotopic (exact) mass is 477 g/mol. The van der Waals surface area contributed by atoms with Gasteiger partial charge in [0.1, 0.15) is 5.82 Å². The fraction of sp³-hybridized carbons (Fsp3) is 0.667. The Hall–Kier alpha value is -2.00. The van der Waals surface area contributed by atoms with E-state index in [2.05, 4.69) is 5.32 Å². The molecule has 1 aliphatic heterocycles. The maximum atomic E-state index is 13.5. The third-order valence-electron chi connectivity index (χ3n) is 8.16. The molecule has 0 aromatic heterocycles. The molecule has 1 aromatic carbocycles. The minimum atomic E-state index is -3.80. The van der Waals surface area contributed by atoms with Crippen LogP contribution in [-0.2, 0) is 19.6 Å². The van der Waals surface area contributed by atoms with Crippen LogP contribution in [0.4, 0.5) is 4.39 Å². The molecule has 4 saturated carbocycles. The molecule has 9 heteroatoms. The summed E-state index contributed by atoms with van der Waals surface area (Å²) in [4.78, 5) is 26.8. The minimum Gasteiger partial charge on any atom is -0.347 e. The van der Waals surface area contributed by atoms with Gasteiger partial charge in [-0.25, -0.2) is 12.8 Å². The quantitative estimate of drug-likeness (QED) is 0.682. The Morgan fingerprint density at radius 2 is 1.61 bits per heavy atom. The van der Waals surface area contributed by atoms with Gasteiger partial charge >= 0.3 is 0 Å². The van der Waals surface area contributed by atoms with E-state index in [-0.39, 0.29) is 54.8 Å². The van der Waals surface area contributed by atoms with Crippen LogP contribution in [-0.4, -0.2) is 62.2 Å². The lowest BCUT2D eigenvalue weighted by atomic mass is 9.49. The summed E-state index contributed by atoms with van der Waals surface area (Å²) in [6.45, 7) is 0.732. The highest BCUT2D eigenvalue weighted by atomic mass is 32.2. The Bertz CT molecular complexity index is 1000. The Morgan fingerprint density at radius 1 is 1.00 bits per heavy atom. The van der Waals surface area contributed by atoms with Gasteiger partial charge in [-0.05, 0) is 79.9 Å². The first-order chi connectivity index (χ1) is 15.7. The first kappa shape index (κ1) is 22.8. The third kappa shape index (κ3) is 4.67. The van der Waals surface area contributed by atoms with Crippen molar-refractivity contribution in [2.75, 3.05) is 32.7 Å². The van der Waals surface area contributed by atoms with Crippen LogP contribution in [0, 0.1) is 29.0 Å². The van der Waals surface area contributed by atoms with Gasteiger partial charge in [-0.1, -0.05) is 6.07 Å². The standard InChI is InChI=1S/C24H32FN3O4S/c25-20-2-1-3-21(11-20)33(31,32)28-6-4-27(5-7-28)23(30)16-26-22(29)15-24-12-17-8-18(13-24)10-19(9-17)14-24/h1-3,11,17-19H,4-10,12-16H2,(H,26,29). The third-order valence-corrected chi connectivity index (χ3v) is 10.1. The smallest absolute Gasteiger partial charge is 0.243 e. The average molecular weight is 478 g/mol. The molecular weight excluding hydrogens is 445 g/mol. The van der Waals surface area contributed by atoms with Crippen LogP contribution >= 0.6 is 0 Å². The van der Waals surface area contributed by atoms with E-state index in [1.54, 1.807) is 4.90 Å². The Labute approximate surface area is 194 Å². The van der Waals surface area contributed by atoms with Crippen molar-refractivity contribution in [1.29, 1.82) is 0 Å². The number of nitrogens with one attached hydrogen (secondary N) is 1. The number of hydrogen-bond donors (Lipinski definition) is 1. The van der Waals surface area contributed by atoms with Crippen molar-refractivity contribution in [1.82, 2.24) is 14.5 Å². The van der Waals surface area contributed by atoms with Crippen LogP contribution in [0.1, 0.15) is 44.9 Å². The van der Waals surface area contributed by atoms with Crippen LogP contribution < -0.4 is 5.32 Å². The summed E-state index contributed by atoms with van der Waals surface area (Å²) in [6, 6.07) is 4.95. The highest BCUT2D eigenvalue weighted by molar-refractivity contribution is 7.89. The van der Waals surface area contributed by atoms with Gasteiger partial charge in [0.2, 0.25) is 21.8 Å². The Morgan fingerprint density at radius 3 is 2.18 bits per heavy atom. The summed E-state index contributed by atoms with van der Waals surface area (Å²) in [7, 11) is -3.80. The Balaban J connectivity index is 1.10. The second kappa shape index (κ2) is 8.65. The van der Waals surface area contributed by atoms with Crippen LogP contribution in [0.5, 0.6) is 0 Å². The number of sulfonamides is 1. The van der Waals surface area contributed by atoms with Gasteiger partial charge < -0.3 is 10.2 Å². The number of amides is 2. The minimum absolute atomic E-state index is 0.0439. The zero-order valence-corrected chi connectivity index (χ0v) is 19.7. The number of halogens is 1. The molecular formula is C24H32FN3O4S. The van der Waals surface area contributed by atoms with Gasteiger partial charge in [0, 0.05) is 32.6 Å². The van der Waals surface area contributed by atoms with E-state index in [0.717, 1.165) is 43.1 Å². The van der Waals surface area contributed by atoms with Gasteiger partial charge in [-0.2, -0.15) is 4.31 Å². The van der Waals surface area contributed by atoms with Gasteiger partial charge in [0.05, 0.1) is 11.4 Å². The van der Waals surface area contributed by atoms with Crippen molar-refractivity contribution >= 4 is 21.8 Å². The molecule has 4 aliphatic carbocycles. The highest BCUT2D eigenvalue weighted by Gasteiger charge is 2.51. The molecule has 0 atom stereocenters. The topological polar surface area (TPSA) is 86.8 Å². The van der Waals surface area contributed by atoms with Gasteiger partial charge in [-0.15, -0.1) is 0 Å². The SMILES string of the molecule is O=C(CC12CC3CC(CC(C3)C1)C2)NCC(=O)N1CCN(S(=O)(=O)c2cccc(F)c2)CC1. The number of rotatable bonds is 6. The maximum absolute atomic E-state index is 13.5. The van der Waals surface area contributed by atoms with Crippen molar-refractivity contribution in [3.8, 4) is 0 Å². The second-order valence-electron chi connectivity index (χ2n) is 10.6. The van der Waals surface area contributed by atoms with E-state index in [1.807, 2.05) is 0 Å². The molecule has 0 spiro atoms. The van der Waals surface area contributed by atoms with E-state index < -0.39 is 15.8 Å². The summed E-state index contributed by atoms with van der Waals surface area (Å²) < 4.78 is 40.2. The largest absolute Gasteiger partial charge is 0.347 e. The van der Waals surface area contributed by atoms with Crippen molar-refractivity contribution in [3.05, 3.63) is 30.1 Å². The molecule has 2 amide bonds. The fourth-order valence-corrected chi connectivity index (χ4v) is 8.60. The molecule has 7 nitrogen and oxygen atoms in total. The van der Waals surface area contributed by atoms with Crippen molar-refractivity contribution in [3.63, 3.8) is 0 Å². The lowest BCUT2D eigenvalue weighted by Gasteiger charge is -2.56. The van der Waals surface area contributed by atoms with E-state index in [9.17, 15) is 22.4 Å². The normalized spacial score (nSPS) is 31.5. The zero-order chi connectivity index (χ0) is 23.2. The van der Waals surface area contributed by atoms with Gasteiger partial charge in [0.25, 0.3) is 0 Å². The van der Waals surface area contributed by atoms with Crippen molar-refractivity contribution in [2.24, 2.45) is 23.2 Å². The number of nitrogens with zero attached hydrogens (tertiary/aromatic N) is 2. The zero-order valence-electron chi connectivity index (χ0n) is 18.8. The molecule has 6 rings (SSSR count). The lowest BCUT2D eigenvalue weighted by molar-refractivity contribution is -0.136. The summed E-state index contributed by atoms with van der Waals surface area (Å²) >= 11 is 0. The summed E-state index contributed by atoms with van der Waals surface area (Å²) in [5, 5.41) is 2.82. The molecule has 1 aromatic rings. The molecule has 0 radical (unpaired) electrons. The molecule has 5 fully saturated rings. The first-order valence-electron chi connectivity index (χ1n) is 12.0. The number of benzene rings is 1. The molecule has 1 heterocycles. The first-order valence-corrected chi connectivity index (χ1v) is 13.5.